The van der Waals surface area contributed by atoms with Crippen LogP contribution in [0.1, 0.15) is 12.5 Å². The molecule has 0 aliphatic carbocycles. The Morgan fingerprint density at radius 1 is 1.35 bits per heavy atom. The van der Waals surface area contributed by atoms with Crippen LogP contribution in [0.2, 0.25) is 0 Å². The normalized spacial score (nSPS) is 10.7. The number of aromatic nitrogens is 3. The van der Waals surface area contributed by atoms with E-state index in [2.05, 4.69) is 20.7 Å². The summed E-state index contributed by atoms with van der Waals surface area (Å²) in [5.41, 5.74) is 1.95. The van der Waals surface area contributed by atoms with Crippen LogP contribution in [0.3, 0.4) is 0 Å². The number of benzene rings is 1. The highest BCUT2D eigenvalue weighted by molar-refractivity contribution is 5.80. The average molecular weight is 275 g/mol. The summed E-state index contributed by atoms with van der Waals surface area (Å²) in [6.07, 6.45) is 1.52. The van der Waals surface area contributed by atoms with Crippen molar-refractivity contribution in [2.45, 2.75) is 6.92 Å². The van der Waals surface area contributed by atoms with Crippen molar-refractivity contribution in [1.82, 2.24) is 15.2 Å². The van der Waals surface area contributed by atoms with Crippen molar-refractivity contribution in [3.8, 4) is 5.75 Å². The van der Waals surface area contributed by atoms with E-state index in [0.717, 1.165) is 11.3 Å². The summed E-state index contributed by atoms with van der Waals surface area (Å²) < 4.78 is 5.31. The molecular formula is C12H13N5O3. The third-order valence-corrected chi connectivity index (χ3v) is 2.29. The number of nitrogens with one attached hydrogen (secondary N) is 3. The predicted octanol–water partition coefficient (Wildman–Crippen LogP) is 0.303. The molecule has 0 unspecified atom stereocenters. The standard InChI is InChI=1S/C12H13N5O3/c1-2-20-9-5-3-8(4-6-9)7-13-15-10-11(18)14-12(19)17-16-10/h3-7H,2H2,1H3,(H,15,16)(H2,14,17,18,19)/b13-7+. The smallest absolute Gasteiger partial charge is 0.342 e. The fraction of sp³-hybridized carbons (Fsp3) is 0.167. The Morgan fingerprint density at radius 3 is 2.75 bits per heavy atom. The van der Waals surface area contributed by atoms with Gasteiger partial charge < -0.3 is 4.74 Å². The minimum atomic E-state index is -0.670. The van der Waals surface area contributed by atoms with E-state index in [9.17, 15) is 9.59 Å². The van der Waals surface area contributed by atoms with Crippen molar-refractivity contribution in [2.75, 3.05) is 12.0 Å². The van der Waals surface area contributed by atoms with Gasteiger partial charge in [-0.25, -0.2) is 9.89 Å². The summed E-state index contributed by atoms with van der Waals surface area (Å²) in [4.78, 5) is 24.1. The van der Waals surface area contributed by atoms with Gasteiger partial charge in [0.1, 0.15) is 5.75 Å². The third kappa shape index (κ3) is 3.55. The lowest BCUT2D eigenvalue weighted by Gasteiger charge is -2.02. The van der Waals surface area contributed by atoms with Gasteiger partial charge >= 0.3 is 5.69 Å². The van der Waals surface area contributed by atoms with Crippen LogP contribution in [-0.2, 0) is 0 Å². The topological polar surface area (TPSA) is 112 Å². The molecule has 0 radical (unpaired) electrons. The average Bonchev–Trinajstić information content (AvgIpc) is 2.43. The van der Waals surface area contributed by atoms with E-state index in [0.29, 0.717) is 6.61 Å². The molecule has 1 aromatic heterocycles. The zero-order valence-corrected chi connectivity index (χ0v) is 10.7. The largest absolute Gasteiger partial charge is 0.494 e. The highest BCUT2D eigenvalue weighted by Crippen LogP contribution is 2.10. The minimum Gasteiger partial charge on any atom is -0.494 e. The number of rotatable bonds is 5. The number of hydrogen-bond donors (Lipinski definition) is 3. The maximum atomic E-state index is 11.3. The van der Waals surface area contributed by atoms with Crippen LogP contribution in [0.4, 0.5) is 5.82 Å². The van der Waals surface area contributed by atoms with Gasteiger partial charge in [0.2, 0.25) is 5.82 Å². The molecule has 0 spiro atoms. The maximum absolute atomic E-state index is 11.3. The predicted molar refractivity (Wildman–Crippen MR) is 74.3 cm³/mol. The van der Waals surface area contributed by atoms with E-state index in [-0.39, 0.29) is 5.82 Å². The number of H-pyrrole nitrogens is 2. The number of anilines is 1. The molecule has 0 aliphatic heterocycles. The second-order valence-electron chi connectivity index (χ2n) is 3.73. The van der Waals surface area contributed by atoms with Crippen molar-refractivity contribution < 1.29 is 4.74 Å². The summed E-state index contributed by atoms with van der Waals surface area (Å²) in [5, 5.41) is 9.48. The summed E-state index contributed by atoms with van der Waals surface area (Å²) in [5.74, 6) is 0.683. The monoisotopic (exact) mass is 275 g/mol. The van der Waals surface area contributed by atoms with Gasteiger partial charge in [-0.05, 0) is 36.8 Å². The molecule has 2 rings (SSSR count). The summed E-state index contributed by atoms with van der Waals surface area (Å²) >= 11 is 0. The lowest BCUT2D eigenvalue weighted by molar-refractivity contribution is 0.340. The molecule has 104 valence electrons. The molecular weight excluding hydrogens is 262 g/mol. The second kappa shape index (κ2) is 6.32. The van der Waals surface area contributed by atoms with Gasteiger partial charge in [0.05, 0.1) is 12.8 Å². The van der Waals surface area contributed by atoms with Gasteiger partial charge in [-0.3, -0.25) is 15.2 Å². The van der Waals surface area contributed by atoms with E-state index in [4.69, 9.17) is 4.74 Å². The molecule has 0 bridgehead atoms. The summed E-state index contributed by atoms with van der Waals surface area (Å²) in [7, 11) is 0. The first-order valence-corrected chi connectivity index (χ1v) is 5.90. The van der Waals surface area contributed by atoms with Gasteiger partial charge in [-0.2, -0.15) is 5.10 Å². The van der Waals surface area contributed by atoms with Crippen molar-refractivity contribution in [3.05, 3.63) is 50.7 Å². The molecule has 2 aromatic rings. The third-order valence-electron chi connectivity index (χ3n) is 2.29. The quantitative estimate of drug-likeness (QED) is 0.536. The Morgan fingerprint density at radius 2 is 2.10 bits per heavy atom. The van der Waals surface area contributed by atoms with Gasteiger partial charge in [-0.1, -0.05) is 0 Å². The summed E-state index contributed by atoms with van der Waals surface area (Å²) in [6.45, 7) is 2.52. The Kier molecular flexibility index (Phi) is 4.28. The van der Waals surface area contributed by atoms with Crippen LogP contribution >= 0.6 is 0 Å². The van der Waals surface area contributed by atoms with Crippen LogP contribution in [0.25, 0.3) is 0 Å². The number of hydrazone groups is 1. The first-order chi connectivity index (χ1) is 9.69. The Hall–Kier alpha value is -2.90. The molecule has 0 amide bonds. The Labute approximate surface area is 113 Å². The fourth-order valence-electron chi connectivity index (χ4n) is 1.41. The molecule has 0 atom stereocenters. The van der Waals surface area contributed by atoms with Crippen LogP contribution in [0.5, 0.6) is 5.75 Å². The van der Waals surface area contributed by atoms with Crippen molar-refractivity contribution in [1.29, 1.82) is 0 Å². The van der Waals surface area contributed by atoms with Crippen molar-refractivity contribution in [3.63, 3.8) is 0 Å². The second-order valence-corrected chi connectivity index (χ2v) is 3.73. The van der Waals surface area contributed by atoms with E-state index in [1.54, 1.807) is 0 Å². The SMILES string of the molecule is CCOc1ccc(/C=N/Nc2n[nH]c(=O)[nH]c2=O)cc1. The van der Waals surface area contributed by atoms with Crippen molar-refractivity contribution >= 4 is 12.0 Å². The molecule has 20 heavy (non-hydrogen) atoms. The summed E-state index contributed by atoms with van der Waals surface area (Å²) in [6, 6.07) is 7.27. The molecule has 8 nitrogen and oxygen atoms in total. The first-order valence-electron chi connectivity index (χ1n) is 5.90. The van der Waals surface area contributed by atoms with Crippen LogP contribution in [-0.4, -0.2) is 28.0 Å². The Balaban J connectivity index is 2.02. The number of nitrogens with zero attached hydrogens (tertiary/aromatic N) is 2. The zero-order chi connectivity index (χ0) is 14.4. The van der Waals surface area contributed by atoms with Crippen LogP contribution < -0.4 is 21.4 Å². The zero-order valence-electron chi connectivity index (χ0n) is 10.7. The maximum Gasteiger partial charge on any atom is 0.342 e. The van der Waals surface area contributed by atoms with E-state index in [1.807, 2.05) is 36.2 Å². The molecule has 0 saturated heterocycles. The van der Waals surface area contributed by atoms with Gasteiger partial charge in [0, 0.05) is 0 Å². The molecule has 3 N–H and O–H groups in total. The highest BCUT2D eigenvalue weighted by atomic mass is 16.5. The number of aromatic amines is 2. The molecule has 8 heteroatoms. The van der Waals surface area contributed by atoms with Gasteiger partial charge in [-0.15, -0.1) is 5.10 Å². The van der Waals surface area contributed by atoms with E-state index >= 15 is 0 Å². The molecule has 1 heterocycles. The lowest BCUT2D eigenvalue weighted by atomic mass is 10.2. The van der Waals surface area contributed by atoms with Crippen LogP contribution in [0.15, 0.2) is 39.0 Å². The molecule has 0 fully saturated rings. The molecule has 1 aromatic carbocycles. The number of ether oxygens (including phenoxy) is 1. The minimum absolute atomic E-state index is 0.0909. The molecule has 0 saturated carbocycles. The lowest BCUT2D eigenvalue weighted by Crippen LogP contribution is -2.25. The van der Waals surface area contributed by atoms with E-state index < -0.39 is 11.2 Å². The van der Waals surface area contributed by atoms with Gasteiger partial charge in [0.15, 0.2) is 0 Å². The van der Waals surface area contributed by atoms with Crippen molar-refractivity contribution in [2.24, 2.45) is 5.10 Å². The van der Waals surface area contributed by atoms with Crippen LogP contribution in [0, 0.1) is 0 Å². The van der Waals surface area contributed by atoms with E-state index in [1.165, 1.54) is 6.21 Å². The molecule has 0 aliphatic rings. The highest BCUT2D eigenvalue weighted by Gasteiger charge is 1.99. The first kappa shape index (κ1) is 13.5. The fourth-order valence-corrected chi connectivity index (χ4v) is 1.41. The Bertz CT molecular complexity index is 702. The number of hydrogen-bond acceptors (Lipinski definition) is 6. The van der Waals surface area contributed by atoms with Gasteiger partial charge in [0.25, 0.3) is 5.56 Å².